The Labute approximate surface area is 93.6 Å². The summed E-state index contributed by atoms with van der Waals surface area (Å²) < 4.78 is 6.07. The second kappa shape index (κ2) is 3.74. The molecule has 2 aliphatic rings. The van der Waals surface area contributed by atoms with Crippen molar-refractivity contribution in [2.45, 2.75) is 77.0 Å². The highest BCUT2D eigenvalue weighted by atomic mass is 16.5. The first kappa shape index (κ1) is 11.4. The molecular weight excluding hydrogens is 186 g/mol. The lowest BCUT2D eigenvalue weighted by Crippen LogP contribution is -2.26. The monoisotopic (exact) mass is 211 g/mol. The molecule has 2 nitrogen and oxygen atoms in total. The number of hydrogen-bond acceptors (Lipinski definition) is 2. The van der Waals surface area contributed by atoms with Crippen LogP contribution in [-0.4, -0.2) is 17.7 Å². The number of nitrogens with two attached hydrogens (primary N) is 1. The van der Waals surface area contributed by atoms with Gasteiger partial charge in [-0.05, 0) is 57.8 Å². The maximum atomic E-state index is 6.07. The first-order valence-corrected chi connectivity index (χ1v) is 6.32. The third-order valence-electron chi connectivity index (χ3n) is 4.15. The Kier molecular flexibility index (Phi) is 2.85. The molecule has 3 atom stereocenters. The van der Waals surface area contributed by atoms with E-state index in [4.69, 9.17) is 10.5 Å². The maximum Gasteiger partial charge on any atom is 0.0631 e. The lowest BCUT2D eigenvalue weighted by atomic mass is 9.82. The van der Waals surface area contributed by atoms with E-state index in [1.54, 1.807) is 0 Å². The Hall–Kier alpha value is -0.0800. The summed E-state index contributed by atoms with van der Waals surface area (Å²) in [5, 5.41) is 0. The SMILES string of the molecule is CC1(CC2CCC(C)(C)O2)CCC(N)C1. The quantitative estimate of drug-likeness (QED) is 0.762. The third-order valence-corrected chi connectivity index (χ3v) is 4.15. The number of ether oxygens (including phenoxy) is 1. The molecular formula is C13H25NO. The van der Waals surface area contributed by atoms with Gasteiger partial charge in [0, 0.05) is 6.04 Å². The smallest absolute Gasteiger partial charge is 0.0631 e. The molecule has 0 amide bonds. The van der Waals surface area contributed by atoms with Crippen molar-refractivity contribution in [3.63, 3.8) is 0 Å². The molecule has 1 aliphatic carbocycles. The fourth-order valence-electron chi connectivity index (χ4n) is 3.33. The maximum absolute atomic E-state index is 6.07. The molecule has 0 aromatic carbocycles. The van der Waals surface area contributed by atoms with E-state index in [-0.39, 0.29) is 5.60 Å². The summed E-state index contributed by atoms with van der Waals surface area (Å²) in [6.07, 6.45) is 7.81. The normalized spacial score (nSPS) is 44.8. The van der Waals surface area contributed by atoms with E-state index in [0.717, 1.165) is 0 Å². The van der Waals surface area contributed by atoms with Crippen LogP contribution in [0.4, 0.5) is 0 Å². The highest BCUT2D eigenvalue weighted by Crippen LogP contribution is 2.44. The summed E-state index contributed by atoms with van der Waals surface area (Å²) in [7, 11) is 0. The lowest BCUT2D eigenvalue weighted by molar-refractivity contribution is -0.0331. The van der Waals surface area contributed by atoms with Gasteiger partial charge in [-0.3, -0.25) is 0 Å². The molecule has 0 spiro atoms. The second-order valence-corrected chi connectivity index (χ2v) is 6.56. The van der Waals surface area contributed by atoms with Gasteiger partial charge in [0.2, 0.25) is 0 Å². The summed E-state index contributed by atoms with van der Waals surface area (Å²) in [5.74, 6) is 0. The first-order valence-electron chi connectivity index (χ1n) is 6.32. The minimum atomic E-state index is 0.113. The fraction of sp³-hybridized carbons (Fsp3) is 1.00. The van der Waals surface area contributed by atoms with Gasteiger partial charge in [-0.2, -0.15) is 0 Å². The Morgan fingerprint density at radius 2 is 1.93 bits per heavy atom. The standard InChI is InChI=1S/C13H25NO/c1-12(2)6-5-11(15-12)9-13(3)7-4-10(14)8-13/h10-11H,4-9,14H2,1-3H3. The Bertz CT molecular complexity index is 239. The predicted octanol–water partition coefficient (Wildman–Crippen LogP) is 2.85. The third kappa shape index (κ3) is 2.73. The summed E-state index contributed by atoms with van der Waals surface area (Å²) in [6.45, 7) is 6.79. The van der Waals surface area contributed by atoms with E-state index in [0.29, 0.717) is 17.6 Å². The van der Waals surface area contributed by atoms with E-state index >= 15 is 0 Å². The van der Waals surface area contributed by atoms with Crippen molar-refractivity contribution in [2.24, 2.45) is 11.1 Å². The highest BCUT2D eigenvalue weighted by Gasteiger charge is 2.39. The second-order valence-electron chi connectivity index (χ2n) is 6.56. The van der Waals surface area contributed by atoms with Gasteiger partial charge < -0.3 is 10.5 Å². The topological polar surface area (TPSA) is 35.2 Å². The van der Waals surface area contributed by atoms with Crippen LogP contribution in [0.1, 0.15) is 59.3 Å². The van der Waals surface area contributed by atoms with Gasteiger partial charge in [0.25, 0.3) is 0 Å². The molecule has 2 N–H and O–H groups in total. The van der Waals surface area contributed by atoms with Crippen LogP contribution in [0.25, 0.3) is 0 Å². The molecule has 2 fully saturated rings. The van der Waals surface area contributed by atoms with Crippen molar-refractivity contribution in [3.05, 3.63) is 0 Å². The van der Waals surface area contributed by atoms with Crippen molar-refractivity contribution >= 4 is 0 Å². The molecule has 0 radical (unpaired) electrons. The average molecular weight is 211 g/mol. The minimum Gasteiger partial charge on any atom is -0.372 e. The molecule has 1 heterocycles. The van der Waals surface area contributed by atoms with Crippen LogP contribution in [0.5, 0.6) is 0 Å². The van der Waals surface area contributed by atoms with Crippen LogP contribution in [0.15, 0.2) is 0 Å². The van der Waals surface area contributed by atoms with Crippen LogP contribution in [0.3, 0.4) is 0 Å². The minimum absolute atomic E-state index is 0.113. The van der Waals surface area contributed by atoms with Gasteiger partial charge in [-0.25, -0.2) is 0 Å². The molecule has 2 rings (SSSR count). The Morgan fingerprint density at radius 3 is 2.40 bits per heavy atom. The number of hydrogen-bond donors (Lipinski definition) is 1. The molecule has 1 saturated heterocycles. The zero-order valence-electron chi connectivity index (χ0n) is 10.4. The molecule has 1 saturated carbocycles. The van der Waals surface area contributed by atoms with Crippen LogP contribution < -0.4 is 5.73 Å². The van der Waals surface area contributed by atoms with E-state index in [1.165, 1.54) is 38.5 Å². The molecule has 1 aliphatic heterocycles. The van der Waals surface area contributed by atoms with Gasteiger partial charge in [-0.15, -0.1) is 0 Å². The molecule has 88 valence electrons. The molecule has 3 unspecified atom stereocenters. The Morgan fingerprint density at radius 1 is 1.20 bits per heavy atom. The molecule has 0 aromatic heterocycles. The molecule has 2 heteroatoms. The van der Waals surface area contributed by atoms with Crippen molar-refractivity contribution < 1.29 is 4.74 Å². The summed E-state index contributed by atoms with van der Waals surface area (Å²) in [5.41, 5.74) is 6.56. The van der Waals surface area contributed by atoms with Gasteiger partial charge in [0.15, 0.2) is 0 Å². The molecule has 15 heavy (non-hydrogen) atoms. The zero-order chi connectivity index (χ0) is 11.1. The van der Waals surface area contributed by atoms with E-state index in [9.17, 15) is 0 Å². The predicted molar refractivity (Wildman–Crippen MR) is 62.7 cm³/mol. The van der Waals surface area contributed by atoms with Gasteiger partial charge in [0.1, 0.15) is 0 Å². The Balaban J connectivity index is 1.87. The summed E-state index contributed by atoms with van der Waals surface area (Å²) in [6, 6.07) is 0.435. The van der Waals surface area contributed by atoms with Crippen molar-refractivity contribution in [1.29, 1.82) is 0 Å². The highest BCUT2D eigenvalue weighted by molar-refractivity contribution is 4.92. The largest absolute Gasteiger partial charge is 0.372 e. The van der Waals surface area contributed by atoms with Gasteiger partial charge in [-0.1, -0.05) is 6.92 Å². The summed E-state index contributed by atoms with van der Waals surface area (Å²) in [4.78, 5) is 0. The van der Waals surface area contributed by atoms with Crippen LogP contribution in [-0.2, 0) is 4.74 Å². The lowest BCUT2D eigenvalue weighted by Gasteiger charge is -2.28. The molecule has 0 aromatic rings. The first-order chi connectivity index (χ1) is 6.89. The average Bonchev–Trinajstić information content (AvgIpc) is 2.56. The van der Waals surface area contributed by atoms with Crippen LogP contribution in [0, 0.1) is 5.41 Å². The van der Waals surface area contributed by atoms with Crippen LogP contribution >= 0.6 is 0 Å². The van der Waals surface area contributed by atoms with Crippen molar-refractivity contribution in [3.8, 4) is 0 Å². The number of rotatable bonds is 2. The fourth-order valence-corrected chi connectivity index (χ4v) is 3.33. The zero-order valence-corrected chi connectivity index (χ0v) is 10.4. The van der Waals surface area contributed by atoms with Crippen molar-refractivity contribution in [2.75, 3.05) is 0 Å². The summed E-state index contributed by atoms with van der Waals surface area (Å²) >= 11 is 0. The van der Waals surface area contributed by atoms with E-state index in [1.807, 2.05) is 0 Å². The van der Waals surface area contributed by atoms with Gasteiger partial charge >= 0.3 is 0 Å². The molecule has 0 bridgehead atoms. The van der Waals surface area contributed by atoms with E-state index < -0.39 is 0 Å². The van der Waals surface area contributed by atoms with E-state index in [2.05, 4.69) is 20.8 Å². The van der Waals surface area contributed by atoms with Crippen molar-refractivity contribution in [1.82, 2.24) is 0 Å². The van der Waals surface area contributed by atoms with Gasteiger partial charge in [0.05, 0.1) is 11.7 Å². The van der Waals surface area contributed by atoms with Crippen LogP contribution in [0.2, 0.25) is 0 Å².